The number of fused-ring (bicyclic) bond motifs is 1. The molecule has 5 heteroatoms. The number of aromatic hydroxyl groups is 1. The summed E-state index contributed by atoms with van der Waals surface area (Å²) in [5.41, 5.74) is 8.49. The van der Waals surface area contributed by atoms with Gasteiger partial charge in [-0.3, -0.25) is 4.79 Å². The molecule has 5 nitrogen and oxygen atoms in total. The standard InChI is InChI=1S/C17H25NO4/c1-3-17(4-2)13-10-12(19)6-5-11(13)9-14(16(17)18)22-8-7-15(20)21/h5-6,10,14,16,19H,3-4,7-9,18H2,1-2H3,(H,20,21). The van der Waals surface area contributed by atoms with E-state index < -0.39 is 5.97 Å². The van der Waals surface area contributed by atoms with Crippen molar-refractivity contribution in [2.24, 2.45) is 5.73 Å². The van der Waals surface area contributed by atoms with Crippen LogP contribution in [0.2, 0.25) is 0 Å². The molecular weight excluding hydrogens is 282 g/mol. The summed E-state index contributed by atoms with van der Waals surface area (Å²) in [6.07, 6.45) is 2.13. The van der Waals surface area contributed by atoms with Crippen molar-refractivity contribution in [3.05, 3.63) is 29.3 Å². The zero-order valence-corrected chi connectivity index (χ0v) is 13.2. The fourth-order valence-electron chi connectivity index (χ4n) is 3.65. The predicted octanol–water partition coefficient (Wildman–Crippen LogP) is 2.19. The van der Waals surface area contributed by atoms with Gasteiger partial charge >= 0.3 is 5.97 Å². The van der Waals surface area contributed by atoms with Crippen molar-refractivity contribution in [3.8, 4) is 5.75 Å². The van der Waals surface area contributed by atoms with Gasteiger partial charge in [0.2, 0.25) is 0 Å². The summed E-state index contributed by atoms with van der Waals surface area (Å²) in [4.78, 5) is 10.7. The molecule has 4 N–H and O–H groups in total. The molecular formula is C17H25NO4. The van der Waals surface area contributed by atoms with Gasteiger partial charge in [0.05, 0.1) is 19.1 Å². The van der Waals surface area contributed by atoms with E-state index >= 15 is 0 Å². The van der Waals surface area contributed by atoms with E-state index in [2.05, 4.69) is 13.8 Å². The number of phenols is 1. The average Bonchev–Trinajstić information content (AvgIpc) is 2.49. The summed E-state index contributed by atoms with van der Waals surface area (Å²) < 4.78 is 5.78. The summed E-state index contributed by atoms with van der Waals surface area (Å²) in [5, 5.41) is 18.6. The van der Waals surface area contributed by atoms with E-state index in [9.17, 15) is 9.90 Å². The minimum absolute atomic E-state index is 0.0170. The molecule has 122 valence electrons. The Labute approximate surface area is 131 Å². The number of phenolic OH excluding ortho intramolecular Hbond substituents is 1. The normalized spacial score (nSPS) is 23.0. The molecule has 0 aromatic heterocycles. The molecule has 1 aliphatic rings. The maximum absolute atomic E-state index is 10.7. The lowest BCUT2D eigenvalue weighted by Gasteiger charge is -2.47. The van der Waals surface area contributed by atoms with Crippen molar-refractivity contribution in [2.45, 2.75) is 57.1 Å². The van der Waals surface area contributed by atoms with Crippen molar-refractivity contribution in [1.82, 2.24) is 0 Å². The molecule has 0 saturated heterocycles. The summed E-state index contributed by atoms with van der Waals surface area (Å²) in [5.74, 6) is -0.616. The quantitative estimate of drug-likeness (QED) is 0.749. The first-order valence-corrected chi connectivity index (χ1v) is 7.86. The Morgan fingerprint density at radius 1 is 1.41 bits per heavy atom. The lowest BCUT2D eigenvalue weighted by molar-refractivity contribution is -0.139. The Balaban J connectivity index is 2.32. The molecule has 0 heterocycles. The van der Waals surface area contributed by atoms with Crippen molar-refractivity contribution in [2.75, 3.05) is 6.61 Å². The SMILES string of the molecule is CCC1(CC)c2cc(O)ccc2CC(OCCC(=O)O)C1N. The minimum Gasteiger partial charge on any atom is -0.508 e. The van der Waals surface area contributed by atoms with Crippen molar-refractivity contribution >= 4 is 5.97 Å². The van der Waals surface area contributed by atoms with Gasteiger partial charge in [0.25, 0.3) is 0 Å². The topological polar surface area (TPSA) is 92.8 Å². The Kier molecular flexibility index (Phi) is 5.08. The molecule has 0 amide bonds. The average molecular weight is 307 g/mol. The van der Waals surface area contributed by atoms with Crippen LogP contribution in [-0.2, 0) is 21.4 Å². The third kappa shape index (κ3) is 2.96. The molecule has 1 aromatic rings. The van der Waals surface area contributed by atoms with Crippen LogP contribution < -0.4 is 5.73 Å². The number of ether oxygens (including phenoxy) is 1. The summed E-state index contributed by atoms with van der Waals surface area (Å²) in [7, 11) is 0. The van der Waals surface area contributed by atoms with Crippen LogP contribution in [0.15, 0.2) is 18.2 Å². The van der Waals surface area contributed by atoms with E-state index in [-0.39, 0.29) is 36.3 Å². The molecule has 0 radical (unpaired) electrons. The van der Waals surface area contributed by atoms with E-state index in [0.717, 1.165) is 24.0 Å². The smallest absolute Gasteiger partial charge is 0.305 e. The van der Waals surface area contributed by atoms with Gasteiger partial charge in [-0.15, -0.1) is 0 Å². The summed E-state index contributed by atoms with van der Waals surface area (Å²) >= 11 is 0. The number of benzene rings is 1. The van der Waals surface area contributed by atoms with Gasteiger partial charge in [-0.2, -0.15) is 0 Å². The molecule has 1 aliphatic carbocycles. The highest BCUT2D eigenvalue weighted by Crippen LogP contribution is 2.43. The number of hydrogen-bond acceptors (Lipinski definition) is 4. The van der Waals surface area contributed by atoms with Crippen LogP contribution in [0.1, 0.15) is 44.2 Å². The first-order chi connectivity index (χ1) is 10.4. The number of carboxylic acids is 1. The minimum atomic E-state index is -0.869. The van der Waals surface area contributed by atoms with Crippen molar-refractivity contribution < 1.29 is 19.7 Å². The van der Waals surface area contributed by atoms with Crippen LogP contribution in [-0.4, -0.2) is 34.9 Å². The number of carbonyl (C=O) groups is 1. The number of aliphatic carboxylic acids is 1. The van der Waals surface area contributed by atoms with Gasteiger partial charge in [0.15, 0.2) is 0 Å². The highest BCUT2D eigenvalue weighted by atomic mass is 16.5. The van der Waals surface area contributed by atoms with Crippen LogP contribution in [0.25, 0.3) is 0 Å². The zero-order chi connectivity index (χ0) is 16.3. The first-order valence-electron chi connectivity index (χ1n) is 7.86. The Morgan fingerprint density at radius 2 is 2.09 bits per heavy atom. The molecule has 2 atom stereocenters. The van der Waals surface area contributed by atoms with Gasteiger partial charge in [-0.25, -0.2) is 0 Å². The highest BCUT2D eigenvalue weighted by Gasteiger charge is 2.45. The van der Waals surface area contributed by atoms with Crippen LogP contribution >= 0.6 is 0 Å². The molecule has 0 spiro atoms. The first kappa shape index (κ1) is 16.8. The van der Waals surface area contributed by atoms with Gasteiger partial charge in [-0.05, 0) is 36.1 Å². The van der Waals surface area contributed by atoms with Crippen LogP contribution in [0, 0.1) is 0 Å². The number of hydrogen-bond donors (Lipinski definition) is 3. The molecule has 1 aromatic carbocycles. The van der Waals surface area contributed by atoms with E-state index in [1.54, 1.807) is 6.07 Å². The second-order valence-corrected chi connectivity index (χ2v) is 5.99. The molecule has 0 bridgehead atoms. The fraction of sp³-hybridized carbons (Fsp3) is 0.588. The second-order valence-electron chi connectivity index (χ2n) is 5.99. The zero-order valence-electron chi connectivity index (χ0n) is 13.2. The van der Waals surface area contributed by atoms with E-state index in [4.69, 9.17) is 15.6 Å². The van der Waals surface area contributed by atoms with Crippen molar-refractivity contribution in [3.63, 3.8) is 0 Å². The van der Waals surface area contributed by atoms with Crippen LogP contribution in [0.5, 0.6) is 5.75 Å². The van der Waals surface area contributed by atoms with E-state index in [1.807, 2.05) is 12.1 Å². The van der Waals surface area contributed by atoms with Gasteiger partial charge in [0, 0.05) is 17.9 Å². The molecule has 0 aliphatic heterocycles. The highest BCUT2D eigenvalue weighted by molar-refractivity contribution is 5.66. The maximum atomic E-state index is 10.7. The predicted molar refractivity (Wildman–Crippen MR) is 84.0 cm³/mol. The second kappa shape index (κ2) is 6.67. The van der Waals surface area contributed by atoms with E-state index in [0.29, 0.717) is 6.42 Å². The van der Waals surface area contributed by atoms with E-state index in [1.165, 1.54) is 0 Å². The van der Waals surface area contributed by atoms with Gasteiger partial charge in [0.1, 0.15) is 5.75 Å². The largest absolute Gasteiger partial charge is 0.508 e. The van der Waals surface area contributed by atoms with Gasteiger partial charge < -0.3 is 20.7 Å². The Hall–Kier alpha value is -1.59. The van der Waals surface area contributed by atoms with Crippen LogP contribution in [0.3, 0.4) is 0 Å². The molecule has 0 saturated carbocycles. The Morgan fingerprint density at radius 3 is 2.68 bits per heavy atom. The number of nitrogens with two attached hydrogens (primary N) is 1. The monoisotopic (exact) mass is 307 g/mol. The summed E-state index contributed by atoms with van der Waals surface area (Å²) in [6, 6.07) is 5.20. The molecule has 2 unspecified atom stereocenters. The fourth-order valence-corrected chi connectivity index (χ4v) is 3.65. The summed E-state index contributed by atoms with van der Waals surface area (Å²) in [6.45, 7) is 4.36. The lowest BCUT2D eigenvalue weighted by atomic mass is 9.63. The third-order valence-corrected chi connectivity index (χ3v) is 5.00. The van der Waals surface area contributed by atoms with Gasteiger partial charge in [-0.1, -0.05) is 19.9 Å². The maximum Gasteiger partial charge on any atom is 0.305 e. The molecule has 2 rings (SSSR count). The van der Waals surface area contributed by atoms with Crippen LogP contribution in [0.4, 0.5) is 0 Å². The number of carboxylic acid groups (broad SMARTS) is 1. The third-order valence-electron chi connectivity index (χ3n) is 5.00. The van der Waals surface area contributed by atoms with Crippen molar-refractivity contribution in [1.29, 1.82) is 0 Å². The number of rotatable bonds is 6. The molecule has 0 fully saturated rings. The Bertz CT molecular complexity index is 539. The molecule has 22 heavy (non-hydrogen) atoms. The lowest BCUT2D eigenvalue weighted by Crippen LogP contribution is -2.57.